The Morgan fingerprint density at radius 1 is 1.00 bits per heavy atom. The molecule has 29 heavy (non-hydrogen) atoms. The van der Waals surface area contributed by atoms with Gasteiger partial charge in [-0.2, -0.15) is 5.10 Å². The maximum atomic E-state index is 13.2. The molecule has 3 aromatic rings. The minimum Gasteiger partial charge on any atom is -0.353 e. The summed E-state index contributed by atoms with van der Waals surface area (Å²) < 4.78 is 1.62. The highest BCUT2D eigenvalue weighted by Crippen LogP contribution is 2.25. The first-order chi connectivity index (χ1) is 13.9. The molecule has 0 unspecified atom stereocenters. The molecule has 8 heteroatoms. The Bertz CT molecular complexity index is 1020. The van der Waals surface area contributed by atoms with E-state index in [1.807, 2.05) is 62.1 Å². The average molecular weight is 411 g/mol. The van der Waals surface area contributed by atoms with Crippen molar-refractivity contribution in [3.8, 4) is 5.69 Å². The molecule has 3 heterocycles. The maximum absolute atomic E-state index is 13.2. The van der Waals surface area contributed by atoms with Gasteiger partial charge in [-0.25, -0.2) is 14.6 Å². The van der Waals surface area contributed by atoms with Gasteiger partial charge in [0.25, 0.3) is 5.91 Å². The van der Waals surface area contributed by atoms with Crippen LogP contribution >= 0.6 is 11.6 Å². The predicted octanol–water partition coefficient (Wildman–Crippen LogP) is 3.20. The fourth-order valence-corrected chi connectivity index (χ4v) is 3.99. The van der Waals surface area contributed by atoms with E-state index in [1.165, 1.54) is 0 Å². The molecule has 4 rings (SSSR count). The van der Waals surface area contributed by atoms with Crippen molar-refractivity contribution in [2.24, 2.45) is 0 Å². The summed E-state index contributed by atoms with van der Waals surface area (Å²) in [5.74, 6) is 1.59. The highest BCUT2D eigenvalue weighted by molar-refractivity contribution is 6.33. The second kappa shape index (κ2) is 7.83. The first kappa shape index (κ1) is 19.4. The summed E-state index contributed by atoms with van der Waals surface area (Å²) in [6, 6.07) is 11.6. The number of benzene rings is 1. The third-order valence-electron chi connectivity index (χ3n) is 5.06. The molecule has 1 aliphatic heterocycles. The van der Waals surface area contributed by atoms with Crippen molar-refractivity contribution >= 4 is 23.3 Å². The molecule has 0 aliphatic carbocycles. The van der Waals surface area contributed by atoms with Crippen LogP contribution in [0.2, 0.25) is 5.15 Å². The fourth-order valence-electron chi connectivity index (χ4n) is 3.64. The molecule has 2 aromatic heterocycles. The second-order valence-corrected chi connectivity index (χ2v) is 7.55. The van der Waals surface area contributed by atoms with Crippen molar-refractivity contribution in [3.63, 3.8) is 0 Å². The van der Waals surface area contributed by atoms with E-state index in [4.69, 9.17) is 11.6 Å². The van der Waals surface area contributed by atoms with Crippen LogP contribution in [-0.2, 0) is 0 Å². The molecule has 0 bridgehead atoms. The molecule has 0 spiro atoms. The number of anilines is 1. The third-order valence-corrected chi connectivity index (χ3v) is 5.41. The lowest BCUT2D eigenvalue weighted by Gasteiger charge is -2.35. The van der Waals surface area contributed by atoms with Crippen molar-refractivity contribution in [1.29, 1.82) is 0 Å². The molecule has 1 aromatic carbocycles. The SMILES string of the molecule is Cc1cc(N2CCN(C(=O)c3c(C)nn(-c4ccccc4)c3Cl)CC2)nc(C)n1. The highest BCUT2D eigenvalue weighted by Gasteiger charge is 2.28. The van der Waals surface area contributed by atoms with Gasteiger partial charge in [0, 0.05) is 37.9 Å². The van der Waals surface area contributed by atoms with Gasteiger partial charge in [0.1, 0.15) is 16.8 Å². The molecule has 1 fully saturated rings. The van der Waals surface area contributed by atoms with E-state index in [0.717, 1.165) is 23.0 Å². The monoisotopic (exact) mass is 410 g/mol. The minimum absolute atomic E-state index is 0.0793. The van der Waals surface area contributed by atoms with Gasteiger partial charge in [0.15, 0.2) is 0 Å². The van der Waals surface area contributed by atoms with E-state index in [1.54, 1.807) is 4.68 Å². The average Bonchev–Trinajstić information content (AvgIpc) is 3.01. The number of hydrogen-bond acceptors (Lipinski definition) is 5. The predicted molar refractivity (Wildman–Crippen MR) is 113 cm³/mol. The Morgan fingerprint density at radius 3 is 2.34 bits per heavy atom. The van der Waals surface area contributed by atoms with Crippen LogP contribution in [0.3, 0.4) is 0 Å². The van der Waals surface area contributed by atoms with Gasteiger partial charge in [-0.1, -0.05) is 29.8 Å². The molecule has 150 valence electrons. The topological polar surface area (TPSA) is 67.2 Å². The first-order valence-corrected chi connectivity index (χ1v) is 9.99. The Balaban J connectivity index is 1.51. The van der Waals surface area contributed by atoms with Crippen LogP contribution in [0.4, 0.5) is 5.82 Å². The Labute approximate surface area is 174 Å². The normalized spacial score (nSPS) is 14.3. The molecule has 1 aliphatic rings. The number of carbonyl (C=O) groups is 1. The van der Waals surface area contributed by atoms with Crippen LogP contribution < -0.4 is 4.90 Å². The van der Waals surface area contributed by atoms with Gasteiger partial charge in [-0.05, 0) is 32.9 Å². The zero-order valence-corrected chi connectivity index (χ0v) is 17.5. The molecule has 0 radical (unpaired) electrons. The summed E-state index contributed by atoms with van der Waals surface area (Å²) in [5.41, 5.74) is 2.88. The molecule has 7 nitrogen and oxygen atoms in total. The number of para-hydroxylation sites is 1. The smallest absolute Gasteiger partial charge is 0.259 e. The van der Waals surface area contributed by atoms with Gasteiger partial charge >= 0.3 is 0 Å². The lowest BCUT2D eigenvalue weighted by molar-refractivity contribution is 0.0746. The zero-order valence-electron chi connectivity index (χ0n) is 16.8. The van der Waals surface area contributed by atoms with E-state index in [0.29, 0.717) is 42.6 Å². The van der Waals surface area contributed by atoms with Crippen molar-refractivity contribution < 1.29 is 4.79 Å². The Kier molecular flexibility index (Phi) is 5.24. The number of hydrogen-bond donors (Lipinski definition) is 0. The third kappa shape index (κ3) is 3.82. The van der Waals surface area contributed by atoms with Crippen LogP contribution in [0, 0.1) is 20.8 Å². The molecular formula is C21H23ClN6O. The Morgan fingerprint density at radius 2 is 1.69 bits per heavy atom. The Hall–Kier alpha value is -2.93. The summed E-state index contributed by atoms with van der Waals surface area (Å²) in [7, 11) is 0. The van der Waals surface area contributed by atoms with E-state index >= 15 is 0 Å². The zero-order chi connectivity index (χ0) is 20.5. The van der Waals surface area contributed by atoms with Crippen molar-refractivity contribution in [2.45, 2.75) is 20.8 Å². The standard InChI is InChI=1S/C21H23ClN6O/c1-14-13-18(24-16(3)23-14)26-9-11-27(12-10-26)21(29)19-15(2)25-28(20(19)22)17-7-5-4-6-8-17/h4-8,13H,9-12H2,1-3H3. The largest absolute Gasteiger partial charge is 0.353 e. The van der Waals surface area contributed by atoms with Crippen molar-refractivity contribution in [2.75, 3.05) is 31.1 Å². The van der Waals surface area contributed by atoms with Crippen LogP contribution in [0.15, 0.2) is 36.4 Å². The number of amides is 1. The highest BCUT2D eigenvalue weighted by atomic mass is 35.5. The van der Waals surface area contributed by atoms with Gasteiger partial charge in [-0.15, -0.1) is 0 Å². The van der Waals surface area contributed by atoms with E-state index in [-0.39, 0.29) is 5.91 Å². The number of aryl methyl sites for hydroxylation is 3. The van der Waals surface area contributed by atoms with E-state index in [2.05, 4.69) is 20.0 Å². The molecule has 1 saturated heterocycles. The number of halogens is 1. The molecular weight excluding hydrogens is 388 g/mol. The maximum Gasteiger partial charge on any atom is 0.259 e. The van der Waals surface area contributed by atoms with Gasteiger partial charge in [0.05, 0.1) is 16.9 Å². The molecule has 0 N–H and O–H groups in total. The summed E-state index contributed by atoms with van der Waals surface area (Å²) in [6.07, 6.45) is 0. The van der Waals surface area contributed by atoms with Gasteiger partial charge in [0.2, 0.25) is 0 Å². The molecule has 0 atom stereocenters. The van der Waals surface area contributed by atoms with Gasteiger partial charge in [-0.3, -0.25) is 4.79 Å². The number of rotatable bonds is 3. The number of carbonyl (C=O) groups excluding carboxylic acids is 1. The molecule has 1 amide bonds. The summed E-state index contributed by atoms with van der Waals surface area (Å²) in [4.78, 5) is 26.1. The van der Waals surface area contributed by atoms with E-state index in [9.17, 15) is 4.79 Å². The number of nitrogens with zero attached hydrogens (tertiary/aromatic N) is 6. The first-order valence-electron chi connectivity index (χ1n) is 9.61. The lowest BCUT2D eigenvalue weighted by atomic mass is 10.2. The quantitative estimate of drug-likeness (QED) is 0.663. The van der Waals surface area contributed by atoms with Crippen LogP contribution in [-0.4, -0.2) is 56.7 Å². The summed E-state index contributed by atoms with van der Waals surface area (Å²) in [5, 5.41) is 4.84. The second-order valence-electron chi connectivity index (χ2n) is 7.19. The number of aromatic nitrogens is 4. The molecule has 0 saturated carbocycles. The van der Waals surface area contributed by atoms with E-state index < -0.39 is 0 Å². The van der Waals surface area contributed by atoms with Crippen LogP contribution in [0.1, 0.15) is 27.6 Å². The fraction of sp³-hybridized carbons (Fsp3) is 0.333. The van der Waals surface area contributed by atoms with Crippen LogP contribution in [0.25, 0.3) is 5.69 Å². The lowest BCUT2D eigenvalue weighted by Crippen LogP contribution is -2.49. The van der Waals surface area contributed by atoms with Gasteiger partial charge < -0.3 is 9.80 Å². The van der Waals surface area contributed by atoms with Crippen molar-refractivity contribution in [1.82, 2.24) is 24.6 Å². The summed E-state index contributed by atoms with van der Waals surface area (Å²) in [6.45, 7) is 8.32. The van der Waals surface area contributed by atoms with Crippen molar-refractivity contribution in [3.05, 3.63) is 64.3 Å². The number of piperazine rings is 1. The minimum atomic E-state index is -0.0793. The summed E-state index contributed by atoms with van der Waals surface area (Å²) >= 11 is 6.56. The van der Waals surface area contributed by atoms with Crippen LogP contribution in [0.5, 0.6) is 0 Å².